The Kier molecular flexibility index (Phi) is 12.9. The number of aromatic nitrogens is 1. The molecule has 3 aromatic rings. The molecule has 10 nitrogen and oxygen atoms in total. The van der Waals surface area contributed by atoms with Crippen molar-refractivity contribution in [1.29, 1.82) is 5.26 Å². The summed E-state index contributed by atoms with van der Waals surface area (Å²) in [6, 6.07) is 18.7. The molecule has 5 atom stereocenters. The summed E-state index contributed by atoms with van der Waals surface area (Å²) in [6.07, 6.45) is 2.00. The van der Waals surface area contributed by atoms with Gasteiger partial charge in [-0.05, 0) is 68.0 Å². The summed E-state index contributed by atoms with van der Waals surface area (Å²) in [7, 11) is 1.58. The molecule has 1 aromatic heterocycles. The van der Waals surface area contributed by atoms with Crippen LogP contribution in [0.4, 0.5) is 0 Å². The Balaban J connectivity index is 1.41. The maximum atomic E-state index is 13.8. The second kappa shape index (κ2) is 17.1. The van der Waals surface area contributed by atoms with Crippen LogP contribution in [0.15, 0.2) is 54.6 Å². The minimum Gasteiger partial charge on any atom is -0.496 e. The second-order valence-electron chi connectivity index (χ2n) is 12.3. The van der Waals surface area contributed by atoms with Crippen molar-refractivity contribution in [3.63, 3.8) is 0 Å². The van der Waals surface area contributed by atoms with Crippen molar-refractivity contribution in [2.24, 2.45) is 17.8 Å². The Morgan fingerprint density at radius 1 is 1.11 bits per heavy atom. The van der Waals surface area contributed by atoms with Gasteiger partial charge in [-0.1, -0.05) is 50.2 Å². The number of carbonyl (C=O) groups is 3. The van der Waals surface area contributed by atoms with E-state index in [1.54, 1.807) is 24.9 Å². The minimum absolute atomic E-state index is 0.0503. The number of carbonyl (C=O) groups excluding carboxylic acids is 3. The second-order valence-corrected chi connectivity index (χ2v) is 13.4. The third kappa shape index (κ3) is 9.50. The Hall–Kier alpha value is -4.01. The van der Waals surface area contributed by atoms with Crippen LogP contribution in [0.5, 0.6) is 5.75 Å². The van der Waals surface area contributed by atoms with Crippen LogP contribution >= 0.6 is 11.8 Å². The van der Waals surface area contributed by atoms with Gasteiger partial charge in [0.25, 0.3) is 5.91 Å². The Bertz CT molecular complexity index is 1500. The summed E-state index contributed by atoms with van der Waals surface area (Å²) in [4.78, 5) is 42.8. The zero-order valence-corrected chi connectivity index (χ0v) is 27.9. The number of hydrogen-bond acceptors (Lipinski definition) is 7. The fourth-order valence-electron chi connectivity index (χ4n) is 5.83. The summed E-state index contributed by atoms with van der Waals surface area (Å²) in [5, 5.41) is 23.4. The van der Waals surface area contributed by atoms with Crippen molar-refractivity contribution in [2.45, 2.75) is 64.6 Å². The average Bonchev–Trinajstić information content (AvgIpc) is 3.68. The zero-order valence-electron chi connectivity index (χ0n) is 27.1. The van der Waals surface area contributed by atoms with Gasteiger partial charge in [0.05, 0.1) is 19.1 Å². The monoisotopic (exact) mass is 646 g/mol. The third-order valence-corrected chi connectivity index (χ3v) is 9.36. The molecule has 0 bridgehead atoms. The molecule has 0 spiro atoms. The summed E-state index contributed by atoms with van der Waals surface area (Å²) >= 11 is 1.70. The van der Waals surface area contributed by atoms with Crippen LogP contribution in [0, 0.1) is 29.1 Å². The van der Waals surface area contributed by atoms with E-state index < -0.39 is 23.9 Å². The van der Waals surface area contributed by atoms with Crippen molar-refractivity contribution in [3.8, 4) is 11.8 Å². The number of ether oxygens (including phenoxy) is 1. The van der Waals surface area contributed by atoms with Gasteiger partial charge < -0.3 is 31.0 Å². The van der Waals surface area contributed by atoms with E-state index in [1.165, 1.54) is 5.56 Å². The third-order valence-electron chi connectivity index (χ3n) is 8.46. The van der Waals surface area contributed by atoms with Crippen LogP contribution in [-0.4, -0.2) is 60.1 Å². The number of benzene rings is 2. The molecular formula is C35H46N6O4S. The summed E-state index contributed by atoms with van der Waals surface area (Å²) in [5.41, 5.74) is 2.29. The smallest absolute Gasteiger partial charge is 0.268 e. The van der Waals surface area contributed by atoms with Crippen LogP contribution in [0.3, 0.4) is 0 Å². The zero-order chi connectivity index (χ0) is 33.1. The fraction of sp³-hybridized carbons (Fsp3) is 0.486. The lowest BCUT2D eigenvalue weighted by atomic mass is 9.88. The molecule has 3 amide bonds. The molecule has 2 heterocycles. The van der Waals surface area contributed by atoms with Gasteiger partial charge in [-0.25, -0.2) is 0 Å². The Labute approximate surface area is 275 Å². The molecule has 2 aromatic carbocycles. The molecule has 11 heteroatoms. The lowest BCUT2D eigenvalue weighted by molar-refractivity contribution is -0.126. The fourth-order valence-corrected chi connectivity index (χ4v) is 6.76. The number of amides is 3. The summed E-state index contributed by atoms with van der Waals surface area (Å²) in [6.45, 7) is 6.68. The van der Waals surface area contributed by atoms with Crippen molar-refractivity contribution in [1.82, 2.24) is 26.3 Å². The molecule has 46 heavy (non-hydrogen) atoms. The number of thioether (sulfide) groups is 1. The van der Waals surface area contributed by atoms with Crippen LogP contribution in [-0.2, 0) is 9.59 Å². The Morgan fingerprint density at radius 2 is 1.89 bits per heavy atom. The lowest BCUT2D eigenvalue weighted by Crippen LogP contribution is -2.52. The summed E-state index contributed by atoms with van der Waals surface area (Å²) in [5.74, 6) is 0.615. The van der Waals surface area contributed by atoms with Gasteiger partial charge in [-0.15, -0.1) is 11.8 Å². The van der Waals surface area contributed by atoms with Gasteiger partial charge >= 0.3 is 0 Å². The summed E-state index contributed by atoms with van der Waals surface area (Å²) < 4.78 is 5.43. The number of methoxy groups -OCH3 is 1. The first kappa shape index (κ1) is 34.9. The number of rotatable bonds is 17. The van der Waals surface area contributed by atoms with Crippen LogP contribution in [0.25, 0.3) is 10.9 Å². The van der Waals surface area contributed by atoms with E-state index in [-0.39, 0.29) is 29.7 Å². The molecule has 1 unspecified atom stereocenters. The maximum Gasteiger partial charge on any atom is 0.268 e. The molecule has 1 aliphatic rings. The average molecular weight is 647 g/mol. The molecule has 0 aliphatic carbocycles. The van der Waals surface area contributed by atoms with E-state index in [0.717, 1.165) is 16.8 Å². The highest BCUT2D eigenvalue weighted by molar-refractivity contribution is 7.99. The van der Waals surface area contributed by atoms with Gasteiger partial charge in [-0.3, -0.25) is 14.4 Å². The molecule has 0 saturated carbocycles. The highest BCUT2D eigenvalue weighted by atomic mass is 32.2. The topological polar surface area (TPSA) is 148 Å². The first-order chi connectivity index (χ1) is 22.2. The molecule has 4 rings (SSSR count). The van der Waals surface area contributed by atoms with Crippen molar-refractivity contribution in [2.75, 3.05) is 25.3 Å². The number of fused-ring (bicyclic) bond motifs is 1. The lowest BCUT2D eigenvalue weighted by Gasteiger charge is -2.28. The molecule has 1 aliphatic heterocycles. The molecule has 1 saturated heterocycles. The standard InChI is InChI=1S/C35H46N6O4S/c1-22(2)17-30(41-35(44)31-19-27-28(39-31)11-8-12-32(27)45-4)34(43)40-29(18-25-13-15-37-33(25)42)26(20-36)14-16-46-21-38-23(3)24-9-6-5-7-10-24/h5-12,19,22-23,25-26,29-30,38-39H,13-18,21H2,1-4H3,(H,37,42)(H,40,43)(H,41,44)/t23-,25+,26?,29+,30+/m1/s1. The van der Waals surface area contributed by atoms with E-state index >= 15 is 0 Å². The van der Waals surface area contributed by atoms with Crippen LogP contribution in [0.1, 0.15) is 68.5 Å². The number of nitrogens with one attached hydrogen (secondary N) is 5. The van der Waals surface area contributed by atoms with Gasteiger partial charge in [0.2, 0.25) is 11.8 Å². The van der Waals surface area contributed by atoms with E-state index in [9.17, 15) is 19.6 Å². The van der Waals surface area contributed by atoms with E-state index in [0.29, 0.717) is 49.4 Å². The van der Waals surface area contributed by atoms with Gasteiger partial charge in [0.1, 0.15) is 17.5 Å². The maximum absolute atomic E-state index is 13.8. The van der Waals surface area contributed by atoms with E-state index in [4.69, 9.17) is 4.74 Å². The van der Waals surface area contributed by atoms with E-state index in [2.05, 4.69) is 51.4 Å². The van der Waals surface area contributed by atoms with Gasteiger partial charge in [0.15, 0.2) is 0 Å². The molecule has 5 N–H and O–H groups in total. The van der Waals surface area contributed by atoms with E-state index in [1.807, 2.05) is 50.2 Å². The molecule has 0 radical (unpaired) electrons. The quantitative estimate of drug-likeness (QED) is 0.103. The molecule has 246 valence electrons. The highest BCUT2D eigenvalue weighted by Crippen LogP contribution is 2.27. The Morgan fingerprint density at radius 3 is 2.57 bits per heavy atom. The van der Waals surface area contributed by atoms with Crippen molar-refractivity contribution < 1.29 is 19.1 Å². The SMILES string of the molecule is COc1cccc2[nH]c(C(=O)N[C@@H](CC(C)C)C(=O)N[C@@H](C[C@@H]3CCNC3=O)C(C#N)CCSCN[C@H](C)c3ccccc3)cc12. The number of H-pyrrole nitrogens is 1. The number of hydrogen-bond donors (Lipinski definition) is 5. The van der Waals surface area contributed by atoms with Gasteiger partial charge in [0, 0.05) is 41.3 Å². The van der Waals surface area contributed by atoms with Gasteiger partial charge in [-0.2, -0.15) is 5.26 Å². The number of nitrogens with zero attached hydrogens (tertiary/aromatic N) is 1. The molecular weight excluding hydrogens is 600 g/mol. The normalized spacial score (nSPS) is 17.1. The molecule has 1 fully saturated rings. The largest absolute Gasteiger partial charge is 0.496 e. The first-order valence-corrected chi connectivity index (χ1v) is 17.2. The number of nitriles is 1. The van der Waals surface area contributed by atoms with Crippen molar-refractivity contribution in [3.05, 3.63) is 65.9 Å². The predicted molar refractivity (Wildman–Crippen MR) is 182 cm³/mol. The van der Waals surface area contributed by atoms with Crippen LogP contribution in [0.2, 0.25) is 0 Å². The van der Waals surface area contributed by atoms with Crippen LogP contribution < -0.4 is 26.0 Å². The highest BCUT2D eigenvalue weighted by Gasteiger charge is 2.34. The van der Waals surface area contributed by atoms with Crippen molar-refractivity contribution >= 4 is 40.4 Å². The first-order valence-electron chi connectivity index (χ1n) is 16.0. The minimum atomic E-state index is -0.821. The number of aromatic amines is 1. The predicted octanol–water partition coefficient (Wildman–Crippen LogP) is 4.90.